The largest absolute Gasteiger partial charge is 0.508 e. The SMILES string of the molecule is COC(=O)OC[C@@]12CCC3C(C)(C)CCC[C@]3(C)[C@H]1CCC(C(=O)OC)CC2=O. The van der Waals surface area contributed by atoms with Gasteiger partial charge < -0.3 is 14.2 Å². The summed E-state index contributed by atoms with van der Waals surface area (Å²) in [5.74, 6) is -0.0802. The van der Waals surface area contributed by atoms with E-state index in [-0.39, 0.29) is 41.5 Å². The van der Waals surface area contributed by atoms with E-state index in [9.17, 15) is 14.4 Å². The van der Waals surface area contributed by atoms with Gasteiger partial charge in [-0.1, -0.05) is 27.2 Å². The Morgan fingerprint density at radius 1 is 0.966 bits per heavy atom. The average Bonchev–Trinajstić information content (AvgIpc) is 2.82. The number of ether oxygens (including phenoxy) is 3. The molecule has 0 aromatic carbocycles. The number of rotatable bonds is 3. The van der Waals surface area contributed by atoms with Crippen LogP contribution in [-0.4, -0.2) is 38.7 Å². The maximum Gasteiger partial charge on any atom is 0.508 e. The monoisotopic (exact) mass is 408 g/mol. The van der Waals surface area contributed by atoms with Crippen LogP contribution >= 0.6 is 0 Å². The van der Waals surface area contributed by atoms with Gasteiger partial charge in [0.05, 0.1) is 25.6 Å². The molecule has 3 saturated carbocycles. The van der Waals surface area contributed by atoms with Crippen LogP contribution in [-0.2, 0) is 23.8 Å². The molecular formula is C23H36O6. The fraction of sp³-hybridized carbons (Fsp3) is 0.870. The van der Waals surface area contributed by atoms with E-state index >= 15 is 0 Å². The molecule has 2 unspecified atom stereocenters. The van der Waals surface area contributed by atoms with E-state index in [0.29, 0.717) is 18.8 Å². The molecular weight excluding hydrogens is 372 g/mol. The Bertz CT molecular complexity index is 670. The molecule has 0 aromatic heterocycles. The Balaban J connectivity index is 2.01. The minimum Gasteiger partial charge on any atom is -0.469 e. The van der Waals surface area contributed by atoms with Gasteiger partial charge in [-0.05, 0) is 61.2 Å². The van der Waals surface area contributed by atoms with Crippen molar-refractivity contribution in [2.24, 2.45) is 34.0 Å². The lowest BCUT2D eigenvalue weighted by Gasteiger charge is -2.62. The van der Waals surface area contributed by atoms with Crippen molar-refractivity contribution < 1.29 is 28.6 Å². The van der Waals surface area contributed by atoms with E-state index < -0.39 is 17.5 Å². The van der Waals surface area contributed by atoms with Gasteiger partial charge in [0.25, 0.3) is 0 Å². The van der Waals surface area contributed by atoms with E-state index in [2.05, 4.69) is 25.5 Å². The van der Waals surface area contributed by atoms with Crippen LogP contribution in [0.2, 0.25) is 0 Å². The summed E-state index contributed by atoms with van der Waals surface area (Å²) in [6.45, 7) is 7.08. The molecule has 0 bridgehead atoms. The number of esters is 1. The van der Waals surface area contributed by atoms with Crippen molar-refractivity contribution in [2.75, 3.05) is 20.8 Å². The molecule has 0 N–H and O–H groups in total. The minimum absolute atomic E-state index is 0.0137. The molecule has 0 radical (unpaired) electrons. The molecule has 0 aliphatic heterocycles. The third-order valence-electron chi connectivity index (χ3n) is 8.56. The molecule has 3 rings (SSSR count). The fourth-order valence-electron chi connectivity index (χ4n) is 7.22. The second-order valence-corrected chi connectivity index (χ2v) is 10.3. The predicted octanol–water partition coefficient (Wildman–Crippen LogP) is 4.54. The summed E-state index contributed by atoms with van der Waals surface area (Å²) in [5.41, 5.74) is -0.532. The lowest BCUT2D eigenvalue weighted by molar-refractivity contribution is -0.168. The Hall–Kier alpha value is -1.59. The Morgan fingerprint density at radius 2 is 1.69 bits per heavy atom. The quantitative estimate of drug-likeness (QED) is 0.638. The minimum atomic E-state index is -0.754. The maximum atomic E-state index is 13.6. The lowest BCUT2D eigenvalue weighted by Crippen LogP contribution is -2.59. The number of hydrogen-bond donors (Lipinski definition) is 0. The molecule has 0 saturated heterocycles. The molecule has 6 nitrogen and oxygen atoms in total. The van der Waals surface area contributed by atoms with Gasteiger partial charge in [-0.2, -0.15) is 0 Å². The number of hydrogen-bond acceptors (Lipinski definition) is 6. The van der Waals surface area contributed by atoms with Crippen molar-refractivity contribution in [1.82, 2.24) is 0 Å². The van der Waals surface area contributed by atoms with Gasteiger partial charge >= 0.3 is 12.1 Å². The molecule has 0 spiro atoms. The highest BCUT2D eigenvalue weighted by atomic mass is 16.7. The number of fused-ring (bicyclic) bond motifs is 3. The van der Waals surface area contributed by atoms with Gasteiger partial charge in [0, 0.05) is 6.42 Å². The maximum absolute atomic E-state index is 13.6. The highest BCUT2D eigenvalue weighted by Crippen LogP contribution is 2.66. The van der Waals surface area contributed by atoms with Crippen LogP contribution < -0.4 is 0 Å². The molecule has 6 heteroatoms. The van der Waals surface area contributed by atoms with Crippen LogP contribution in [0.15, 0.2) is 0 Å². The molecule has 5 atom stereocenters. The van der Waals surface area contributed by atoms with Crippen molar-refractivity contribution >= 4 is 17.9 Å². The molecule has 3 fully saturated rings. The summed E-state index contributed by atoms with van der Waals surface area (Å²) in [6.07, 6.45) is 5.88. The second kappa shape index (κ2) is 7.92. The number of methoxy groups -OCH3 is 2. The predicted molar refractivity (Wildman–Crippen MR) is 107 cm³/mol. The van der Waals surface area contributed by atoms with E-state index in [1.54, 1.807) is 0 Å². The number of ketones is 1. The summed E-state index contributed by atoms with van der Waals surface area (Å²) >= 11 is 0. The summed E-state index contributed by atoms with van der Waals surface area (Å²) in [6, 6.07) is 0. The van der Waals surface area contributed by atoms with Crippen LogP contribution in [0.1, 0.15) is 72.1 Å². The Labute approximate surface area is 174 Å². The first kappa shape index (κ1) is 22.1. The van der Waals surface area contributed by atoms with E-state index in [4.69, 9.17) is 9.47 Å². The van der Waals surface area contributed by atoms with Crippen LogP contribution in [0, 0.1) is 34.0 Å². The highest BCUT2D eigenvalue weighted by molar-refractivity contribution is 5.90. The van der Waals surface area contributed by atoms with Gasteiger partial charge in [0.2, 0.25) is 0 Å². The van der Waals surface area contributed by atoms with Crippen molar-refractivity contribution in [1.29, 1.82) is 0 Å². The fourth-order valence-corrected chi connectivity index (χ4v) is 7.22. The normalized spacial score (nSPS) is 38.8. The third kappa shape index (κ3) is 3.68. The van der Waals surface area contributed by atoms with E-state index in [1.165, 1.54) is 20.6 Å². The smallest absolute Gasteiger partial charge is 0.469 e. The van der Waals surface area contributed by atoms with Crippen LogP contribution in [0.4, 0.5) is 4.79 Å². The van der Waals surface area contributed by atoms with Gasteiger partial charge in [-0.25, -0.2) is 4.79 Å². The summed E-state index contributed by atoms with van der Waals surface area (Å²) in [7, 11) is 2.66. The summed E-state index contributed by atoms with van der Waals surface area (Å²) in [4.78, 5) is 37.7. The molecule has 0 aromatic rings. The number of Topliss-reactive ketones (excluding diaryl/α,β-unsaturated/α-hetero) is 1. The van der Waals surface area contributed by atoms with Crippen molar-refractivity contribution in [3.8, 4) is 0 Å². The highest BCUT2D eigenvalue weighted by Gasteiger charge is 2.63. The van der Waals surface area contributed by atoms with Crippen molar-refractivity contribution in [3.63, 3.8) is 0 Å². The van der Waals surface area contributed by atoms with Gasteiger partial charge in [0.15, 0.2) is 0 Å². The molecule has 29 heavy (non-hydrogen) atoms. The average molecular weight is 409 g/mol. The first-order chi connectivity index (χ1) is 13.6. The summed E-state index contributed by atoms with van der Waals surface area (Å²) < 4.78 is 15.1. The van der Waals surface area contributed by atoms with Crippen molar-refractivity contribution in [2.45, 2.75) is 72.1 Å². The molecule has 164 valence electrons. The van der Waals surface area contributed by atoms with Crippen LogP contribution in [0.25, 0.3) is 0 Å². The first-order valence-electron chi connectivity index (χ1n) is 10.9. The summed E-state index contributed by atoms with van der Waals surface area (Å²) in [5, 5.41) is 0. The molecule has 0 heterocycles. The molecule has 3 aliphatic carbocycles. The first-order valence-corrected chi connectivity index (χ1v) is 10.9. The third-order valence-corrected chi connectivity index (χ3v) is 8.56. The Morgan fingerprint density at radius 3 is 2.34 bits per heavy atom. The zero-order valence-electron chi connectivity index (χ0n) is 18.5. The van der Waals surface area contributed by atoms with Gasteiger partial charge in [-0.3, -0.25) is 9.59 Å². The number of carbonyl (C=O) groups excluding carboxylic acids is 3. The topological polar surface area (TPSA) is 78.9 Å². The number of carbonyl (C=O) groups is 3. The zero-order chi connectivity index (χ0) is 21.4. The van der Waals surface area contributed by atoms with E-state index in [1.807, 2.05) is 0 Å². The molecule has 0 amide bonds. The van der Waals surface area contributed by atoms with Gasteiger partial charge in [0.1, 0.15) is 12.4 Å². The van der Waals surface area contributed by atoms with E-state index in [0.717, 1.165) is 25.7 Å². The second-order valence-electron chi connectivity index (χ2n) is 10.3. The molecule has 3 aliphatic rings. The van der Waals surface area contributed by atoms with Crippen LogP contribution in [0.3, 0.4) is 0 Å². The Kier molecular flexibility index (Phi) is 6.03. The lowest BCUT2D eigenvalue weighted by atomic mass is 9.42. The van der Waals surface area contributed by atoms with Crippen LogP contribution in [0.5, 0.6) is 0 Å². The van der Waals surface area contributed by atoms with Crippen molar-refractivity contribution in [3.05, 3.63) is 0 Å². The standard InChI is InChI=1S/C23H36O6/c1-21(2)10-6-11-22(3)16(21)9-12-23(14-29-20(26)28-5)17(22)8-7-15(13-18(23)24)19(25)27-4/h15-17H,6-14H2,1-5H3/t15?,16?,17-,22+,23+/m1/s1. The van der Waals surface area contributed by atoms with Gasteiger partial charge in [-0.15, -0.1) is 0 Å². The zero-order valence-corrected chi connectivity index (χ0v) is 18.5.